The van der Waals surface area contributed by atoms with Gasteiger partial charge in [-0.3, -0.25) is 9.59 Å². The molecule has 208 valence electrons. The van der Waals surface area contributed by atoms with Gasteiger partial charge in [0.15, 0.2) is 0 Å². The van der Waals surface area contributed by atoms with Gasteiger partial charge in [0.1, 0.15) is 12.4 Å². The maximum Gasteiger partial charge on any atom is 0.249 e. The lowest BCUT2D eigenvalue weighted by Crippen LogP contribution is -2.44. The van der Waals surface area contributed by atoms with Crippen molar-refractivity contribution in [2.75, 3.05) is 19.7 Å². The zero-order valence-corrected chi connectivity index (χ0v) is 22.9. The second-order valence-corrected chi connectivity index (χ2v) is 9.78. The second kappa shape index (κ2) is 14.8. The van der Waals surface area contributed by atoms with Crippen molar-refractivity contribution in [3.05, 3.63) is 131 Å². The van der Waals surface area contributed by atoms with Crippen LogP contribution >= 0.6 is 0 Å². The molecule has 0 radical (unpaired) electrons. The van der Waals surface area contributed by atoms with Crippen LogP contribution in [0.4, 0.5) is 4.39 Å². The van der Waals surface area contributed by atoms with Gasteiger partial charge < -0.3 is 19.1 Å². The molecule has 4 rings (SSSR count). The van der Waals surface area contributed by atoms with Crippen LogP contribution in [0.2, 0.25) is 0 Å². The van der Waals surface area contributed by atoms with E-state index < -0.39 is 0 Å². The number of aromatic nitrogens is 1. The van der Waals surface area contributed by atoms with Crippen molar-refractivity contribution < 1.29 is 18.7 Å². The lowest BCUT2D eigenvalue weighted by molar-refractivity contribution is -0.144. The number of amides is 2. The maximum absolute atomic E-state index is 13.7. The summed E-state index contributed by atoms with van der Waals surface area (Å²) in [5, 5.41) is 0. The minimum Gasteiger partial charge on any atom is -0.367 e. The molecular formula is C33H36FN3O3. The molecule has 0 unspecified atom stereocenters. The van der Waals surface area contributed by atoms with Crippen LogP contribution in [0.25, 0.3) is 0 Å². The molecule has 0 aliphatic carbocycles. The molecule has 40 heavy (non-hydrogen) atoms. The Bertz CT molecular complexity index is 1340. The van der Waals surface area contributed by atoms with Crippen LogP contribution in [0.3, 0.4) is 0 Å². The highest BCUT2D eigenvalue weighted by atomic mass is 19.1. The van der Waals surface area contributed by atoms with Gasteiger partial charge in [-0.2, -0.15) is 0 Å². The minimum absolute atomic E-state index is 0.0210. The van der Waals surface area contributed by atoms with Crippen LogP contribution in [0.1, 0.15) is 35.7 Å². The van der Waals surface area contributed by atoms with Crippen molar-refractivity contribution in [2.45, 2.75) is 39.6 Å². The summed E-state index contributed by atoms with van der Waals surface area (Å²) < 4.78 is 21.1. The Morgan fingerprint density at radius 3 is 2.10 bits per heavy atom. The number of nitrogens with zero attached hydrogens (tertiary/aromatic N) is 3. The van der Waals surface area contributed by atoms with E-state index in [1.165, 1.54) is 12.1 Å². The van der Waals surface area contributed by atoms with Crippen LogP contribution in [0.5, 0.6) is 0 Å². The number of carbonyl (C=O) groups is 2. The fourth-order valence-corrected chi connectivity index (χ4v) is 4.51. The number of halogens is 1. The Morgan fingerprint density at radius 1 is 0.750 bits per heavy atom. The van der Waals surface area contributed by atoms with E-state index >= 15 is 0 Å². The van der Waals surface area contributed by atoms with Crippen molar-refractivity contribution in [3.8, 4) is 0 Å². The molecule has 0 aliphatic heterocycles. The summed E-state index contributed by atoms with van der Waals surface area (Å²) in [7, 11) is 0. The number of rotatable bonds is 14. The molecule has 0 aliphatic rings. The molecule has 2 amide bonds. The van der Waals surface area contributed by atoms with Gasteiger partial charge in [0, 0.05) is 31.5 Å². The van der Waals surface area contributed by atoms with Gasteiger partial charge in [0.2, 0.25) is 11.8 Å². The Labute approximate surface area is 235 Å². The largest absolute Gasteiger partial charge is 0.367 e. The highest BCUT2D eigenvalue weighted by Crippen LogP contribution is 2.15. The Kier molecular flexibility index (Phi) is 10.6. The molecule has 7 heteroatoms. The zero-order valence-electron chi connectivity index (χ0n) is 22.9. The first-order valence-electron chi connectivity index (χ1n) is 13.6. The van der Waals surface area contributed by atoms with E-state index in [0.29, 0.717) is 32.8 Å². The topological polar surface area (TPSA) is 54.8 Å². The first-order chi connectivity index (χ1) is 19.5. The monoisotopic (exact) mass is 541 g/mol. The fraction of sp³-hybridized carbons (Fsp3) is 0.273. The molecule has 0 saturated carbocycles. The molecule has 0 saturated heterocycles. The third-order valence-corrected chi connectivity index (χ3v) is 6.62. The van der Waals surface area contributed by atoms with Gasteiger partial charge in [0.25, 0.3) is 0 Å². The summed E-state index contributed by atoms with van der Waals surface area (Å²) in [5.41, 5.74) is 3.92. The van der Waals surface area contributed by atoms with Gasteiger partial charge in [-0.15, -0.1) is 0 Å². The summed E-state index contributed by atoms with van der Waals surface area (Å²) in [6.45, 7) is 4.05. The van der Waals surface area contributed by atoms with Crippen molar-refractivity contribution >= 4 is 11.8 Å². The van der Waals surface area contributed by atoms with Gasteiger partial charge in [0.05, 0.1) is 19.7 Å². The standard InChI is InChI=1S/C33H36FN3O3/c1-2-19-36(33(39)26-40-25-29-12-7-4-8-13-29)24-32(38)37(22-27-10-5-3-6-11-27)23-31-14-9-20-35(31)21-28-15-17-30(34)18-16-28/h3-18,20H,2,19,21-26H2,1H3. The quantitative estimate of drug-likeness (QED) is 0.207. The normalized spacial score (nSPS) is 10.8. The SMILES string of the molecule is CCCN(CC(=O)N(Cc1ccccc1)Cc1cccn1Cc1ccc(F)cc1)C(=O)COCc1ccccc1. The molecule has 1 heterocycles. The summed E-state index contributed by atoms with van der Waals surface area (Å²) in [4.78, 5) is 30.1. The van der Waals surface area contributed by atoms with Crippen molar-refractivity contribution in [1.82, 2.24) is 14.4 Å². The molecule has 3 aromatic carbocycles. The summed E-state index contributed by atoms with van der Waals surface area (Å²) >= 11 is 0. The molecule has 0 atom stereocenters. The molecular weight excluding hydrogens is 505 g/mol. The number of ether oxygens (including phenoxy) is 1. The van der Waals surface area contributed by atoms with Crippen LogP contribution in [0, 0.1) is 5.82 Å². The van der Waals surface area contributed by atoms with E-state index in [1.807, 2.05) is 85.9 Å². The van der Waals surface area contributed by atoms with E-state index in [0.717, 1.165) is 28.8 Å². The van der Waals surface area contributed by atoms with Crippen molar-refractivity contribution in [1.29, 1.82) is 0 Å². The van der Waals surface area contributed by atoms with Gasteiger partial charge >= 0.3 is 0 Å². The first-order valence-corrected chi connectivity index (χ1v) is 13.6. The smallest absolute Gasteiger partial charge is 0.249 e. The second-order valence-electron chi connectivity index (χ2n) is 9.78. The molecule has 0 spiro atoms. The van der Waals surface area contributed by atoms with Crippen LogP contribution in [-0.4, -0.2) is 45.9 Å². The predicted octanol–water partition coefficient (Wildman–Crippen LogP) is 5.66. The average Bonchev–Trinajstić information content (AvgIpc) is 3.41. The number of hydrogen-bond donors (Lipinski definition) is 0. The third-order valence-electron chi connectivity index (χ3n) is 6.62. The van der Waals surface area contributed by atoms with E-state index in [1.54, 1.807) is 21.9 Å². The number of benzene rings is 3. The highest BCUT2D eigenvalue weighted by Gasteiger charge is 2.22. The van der Waals surface area contributed by atoms with Gasteiger partial charge in [-0.1, -0.05) is 79.7 Å². The van der Waals surface area contributed by atoms with E-state index in [4.69, 9.17) is 4.74 Å². The molecule has 0 bridgehead atoms. The average molecular weight is 542 g/mol. The lowest BCUT2D eigenvalue weighted by Gasteiger charge is -2.28. The first kappa shape index (κ1) is 28.8. The van der Waals surface area contributed by atoms with Crippen LogP contribution in [0.15, 0.2) is 103 Å². The molecule has 6 nitrogen and oxygen atoms in total. The number of hydrogen-bond acceptors (Lipinski definition) is 3. The van der Waals surface area contributed by atoms with E-state index in [2.05, 4.69) is 4.57 Å². The fourth-order valence-electron chi connectivity index (χ4n) is 4.51. The van der Waals surface area contributed by atoms with E-state index in [9.17, 15) is 14.0 Å². The Hall–Kier alpha value is -4.23. The van der Waals surface area contributed by atoms with Crippen LogP contribution < -0.4 is 0 Å². The summed E-state index contributed by atoms with van der Waals surface area (Å²) in [5.74, 6) is -0.610. The highest BCUT2D eigenvalue weighted by molar-refractivity contribution is 5.85. The van der Waals surface area contributed by atoms with Crippen LogP contribution in [-0.2, 0) is 40.6 Å². The third kappa shape index (κ3) is 8.64. The van der Waals surface area contributed by atoms with Gasteiger partial charge in [-0.25, -0.2) is 4.39 Å². The Morgan fingerprint density at radius 2 is 1.43 bits per heavy atom. The zero-order chi connectivity index (χ0) is 28.2. The maximum atomic E-state index is 13.7. The summed E-state index contributed by atoms with van der Waals surface area (Å²) in [6.07, 6.45) is 2.69. The van der Waals surface area contributed by atoms with Crippen molar-refractivity contribution in [3.63, 3.8) is 0 Å². The predicted molar refractivity (Wildman–Crippen MR) is 154 cm³/mol. The summed E-state index contributed by atoms with van der Waals surface area (Å²) in [6, 6.07) is 29.9. The number of carbonyl (C=O) groups excluding carboxylic acids is 2. The molecule has 4 aromatic rings. The Balaban J connectivity index is 1.45. The molecule has 0 N–H and O–H groups in total. The van der Waals surface area contributed by atoms with Crippen molar-refractivity contribution in [2.24, 2.45) is 0 Å². The van der Waals surface area contributed by atoms with Gasteiger partial charge in [-0.05, 0) is 47.4 Å². The molecule has 0 fully saturated rings. The van der Waals surface area contributed by atoms with E-state index in [-0.39, 0.29) is 30.8 Å². The minimum atomic E-state index is -0.271. The molecule has 1 aromatic heterocycles. The lowest BCUT2D eigenvalue weighted by atomic mass is 10.2.